The molecule has 0 heterocycles. The number of nitrogens with zero attached hydrogens (tertiary/aromatic N) is 1. The Morgan fingerprint density at radius 1 is 1.27 bits per heavy atom. The van der Waals surface area contributed by atoms with Crippen molar-refractivity contribution in [1.29, 1.82) is 5.26 Å². The Labute approximate surface area is 137 Å². The molecule has 0 radical (unpaired) electrons. The molecular weight excluding hydrogens is 323 g/mol. The first kappa shape index (κ1) is 16.3. The lowest BCUT2D eigenvalue weighted by Crippen LogP contribution is -2.12. The van der Waals surface area contributed by atoms with Crippen molar-refractivity contribution in [2.75, 3.05) is 11.1 Å². The van der Waals surface area contributed by atoms with Gasteiger partial charge in [0, 0.05) is 22.8 Å². The average molecular weight is 335 g/mol. The molecule has 1 N–H and O–H groups in total. The van der Waals surface area contributed by atoms with E-state index in [1.165, 1.54) is 23.9 Å². The SMILES string of the molecule is N#Cc1ccc(NC(=O)CCSc2ccc(F)cc2)cc1Cl. The van der Waals surface area contributed by atoms with Crippen LogP contribution in [0.4, 0.5) is 10.1 Å². The zero-order chi connectivity index (χ0) is 15.9. The number of thioether (sulfide) groups is 1. The van der Waals surface area contributed by atoms with Crippen molar-refractivity contribution >= 4 is 35.0 Å². The number of hydrogen-bond donors (Lipinski definition) is 1. The number of carbonyl (C=O) groups excluding carboxylic acids is 1. The van der Waals surface area contributed by atoms with E-state index in [2.05, 4.69) is 5.32 Å². The van der Waals surface area contributed by atoms with Gasteiger partial charge in [-0.3, -0.25) is 4.79 Å². The average Bonchev–Trinajstić information content (AvgIpc) is 2.49. The van der Waals surface area contributed by atoms with Gasteiger partial charge in [-0.1, -0.05) is 11.6 Å². The Kier molecular flexibility index (Phi) is 5.82. The van der Waals surface area contributed by atoms with Gasteiger partial charge in [-0.05, 0) is 42.5 Å². The second-order valence-electron chi connectivity index (χ2n) is 4.41. The van der Waals surface area contributed by atoms with E-state index in [4.69, 9.17) is 16.9 Å². The Hall–Kier alpha value is -2.03. The lowest BCUT2D eigenvalue weighted by Gasteiger charge is -2.06. The van der Waals surface area contributed by atoms with Gasteiger partial charge in [-0.25, -0.2) is 4.39 Å². The molecule has 0 spiro atoms. The van der Waals surface area contributed by atoms with Crippen molar-refractivity contribution in [2.45, 2.75) is 11.3 Å². The summed E-state index contributed by atoms with van der Waals surface area (Å²) in [5.41, 5.74) is 0.923. The van der Waals surface area contributed by atoms with Crippen LogP contribution < -0.4 is 5.32 Å². The van der Waals surface area contributed by atoms with Crippen LogP contribution in [0.2, 0.25) is 5.02 Å². The number of halogens is 2. The number of nitriles is 1. The maximum Gasteiger partial charge on any atom is 0.225 e. The summed E-state index contributed by atoms with van der Waals surface area (Å²) in [6.07, 6.45) is 0.319. The third-order valence-electron chi connectivity index (χ3n) is 2.78. The Morgan fingerprint density at radius 2 is 2.00 bits per heavy atom. The summed E-state index contributed by atoms with van der Waals surface area (Å²) in [7, 11) is 0. The van der Waals surface area contributed by atoms with Gasteiger partial charge in [0.15, 0.2) is 0 Å². The molecule has 0 saturated heterocycles. The molecule has 0 atom stereocenters. The number of benzene rings is 2. The van der Waals surface area contributed by atoms with Crippen molar-refractivity contribution < 1.29 is 9.18 Å². The van der Waals surface area contributed by atoms with Crippen molar-refractivity contribution in [3.05, 3.63) is 58.9 Å². The van der Waals surface area contributed by atoms with Gasteiger partial charge in [0.25, 0.3) is 0 Å². The summed E-state index contributed by atoms with van der Waals surface area (Å²) < 4.78 is 12.8. The number of nitrogens with one attached hydrogen (secondary N) is 1. The second-order valence-corrected chi connectivity index (χ2v) is 5.98. The zero-order valence-electron chi connectivity index (χ0n) is 11.5. The molecule has 0 aliphatic carbocycles. The predicted octanol–water partition coefficient (Wildman–Crippen LogP) is 4.47. The summed E-state index contributed by atoms with van der Waals surface area (Å²) in [5.74, 6) is 0.164. The van der Waals surface area contributed by atoms with E-state index < -0.39 is 0 Å². The summed E-state index contributed by atoms with van der Waals surface area (Å²) in [5, 5.41) is 11.8. The van der Waals surface area contributed by atoms with E-state index in [1.54, 1.807) is 30.3 Å². The second kappa shape index (κ2) is 7.83. The molecule has 2 aromatic carbocycles. The van der Waals surface area contributed by atoms with E-state index in [1.807, 2.05) is 6.07 Å². The van der Waals surface area contributed by atoms with Crippen LogP contribution in [0.5, 0.6) is 0 Å². The smallest absolute Gasteiger partial charge is 0.225 e. The highest BCUT2D eigenvalue weighted by Gasteiger charge is 2.06. The predicted molar refractivity (Wildman–Crippen MR) is 86.5 cm³/mol. The third-order valence-corrected chi connectivity index (χ3v) is 4.11. The Bertz CT molecular complexity index is 713. The number of hydrogen-bond acceptors (Lipinski definition) is 3. The van der Waals surface area contributed by atoms with Gasteiger partial charge < -0.3 is 5.32 Å². The standard InChI is InChI=1S/C16H12ClFN2OS/c17-15-9-13(4-1-11(15)10-19)20-16(21)7-8-22-14-5-2-12(18)3-6-14/h1-6,9H,7-8H2,(H,20,21). The minimum Gasteiger partial charge on any atom is -0.326 e. The van der Waals surface area contributed by atoms with Gasteiger partial charge in [-0.15, -0.1) is 11.8 Å². The quantitative estimate of drug-likeness (QED) is 0.821. The normalized spacial score (nSPS) is 10.0. The minimum atomic E-state index is -0.278. The first-order valence-corrected chi connectivity index (χ1v) is 7.83. The highest BCUT2D eigenvalue weighted by molar-refractivity contribution is 7.99. The molecule has 0 bridgehead atoms. The lowest BCUT2D eigenvalue weighted by molar-refractivity contribution is -0.115. The van der Waals surface area contributed by atoms with Gasteiger partial charge in [0.2, 0.25) is 5.91 Å². The maximum atomic E-state index is 12.8. The van der Waals surface area contributed by atoms with Crippen molar-refractivity contribution in [3.63, 3.8) is 0 Å². The molecule has 0 unspecified atom stereocenters. The van der Waals surface area contributed by atoms with Gasteiger partial charge >= 0.3 is 0 Å². The number of amides is 1. The van der Waals surface area contributed by atoms with E-state index in [0.717, 1.165) is 4.90 Å². The highest BCUT2D eigenvalue weighted by atomic mass is 35.5. The van der Waals surface area contributed by atoms with Crippen LogP contribution in [0.25, 0.3) is 0 Å². The van der Waals surface area contributed by atoms with Crippen LogP contribution in [0, 0.1) is 17.1 Å². The number of carbonyl (C=O) groups is 1. The molecule has 22 heavy (non-hydrogen) atoms. The van der Waals surface area contributed by atoms with Crippen LogP contribution in [-0.4, -0.2) is 11.7 Å². The van der Waals surface area contributed by atoms with E-state index in [9.17, 15) is 9.18 Å². The fraction of sp³-hybridized carbons (Fsp3) is 0.125. The highest BCUT2D eigenvalue weighted by Crippen LogP contribution is 2.21. The molecule has 0 aliphatic rings. The number of anilines is 1. The van der Waals surface area contributed by atoms with Gasteiger partial charge in [0.1, 0.15) is 11.9 Å². The Morgan fingerprint density at radius 3 is 2.64 bits per heavy atom. The summed E-state index contributed by atoms with van der Waals surface area (Å²) in [6.45, 7) is 0. The van der Waals surface area contributed by atoms with E-state index in [-0.39, 0.29) is 11.7 Å². The summed E-state index contributed by atoms with van der Waals surface area (Å²) in [6, 6.07) is 12.8. The molecule has 0 aliphatic heterocycles. The molecule has 3 nitrogen and oxygen atoms in total. The fourth-order valence-electron chi connectivity index (χ4n) is 1.70. The molecule has 2 rings (SSSR count). The minimum absolute atomic E-state index is 0.143. The number of rotatable bonds is 5. The molecule has 112 valence electrons. The van der Waals surface area contributed by atoms with Crippen molar-refractivity contribution in [2.24, 2.45) is 0 Å². The molecule has 1 amide bonds. The molecule has 6 heteroatoms. The molecule has 0 fully saturated rings. The Balaban J connectivity index is 1.82. The van der Waals surface area contributed by atoms with Crippen molar-refractivity contribution in [3.8, 4) is 6.07 Å². The first-order chi connectivity index (χ1) is 10.6. The van der Waals surface area contributed by atoms with Gasteiger partial charge in [0.05, 0.1) is 10.6 Å². The maximum absolute atomic E-state index is 12.8. The molecular formula is C16H12ClFN2OS. The third kappa shape index (κ3) is 4.76. The largest absolute Gasteiger partial charge is 0.326 e. The lowest BCUT2D eigenvalue weighted by atomic mass is 10.2. The van der Waals surface area contributed by atoms with Crippen molar-refractivity contribution in [1.82, 2.24) is 0 Å². The zero-order valence-corrected chi connectivity index (χ0v) is 13.0. The van der Waals surface area contributed by atoms with E-state index in [0.29, 0.717) is 28.4 Å². The topological polar surface area (TPSA) is 52.9 Å². The molecule has 2 aromatic rings. The van der Waals surface area contributed by atoms with Crippen LogP contribution in [0.1, 0.15) is 12.0 Å². The van der Waals surface area contributed by atoms with Gasteiger partial charge in [-0.2, -0.15) is 5.26 Å². The van der Waals surface area contributed by atoms with Crippen LogP contribution in [0.15, 0.2) is 47.4 Å². The van der Waals surface area contributed by atoms with Crippen LogP contribution in [0.3, 0.4) is 0 Å². The van der Waals surface area contributed by atoms with Crippen LogP contribution >= 0.6 is 23.4 Å². The first-order valence-electron chi connectivity index (χ1n) is 6.46. The van der Waals surface area contributed by atoms with E-state index >= 15 is 0 Å². The monoisotopic (exact) mass is 334 g/mol. The summed E-state index contributed by atoms with van der Waals surface area (Å²) >= 11 is 7.38. The van der Waals surface area contributed by atoms with Crippen LogP contribution in [-0.2, 0) is 4.79 Å². The molecule has 0 saturated carbocycles. The molecule has 0 aromatic heterocycles. The summed E-state index contributed by atoms with van der Waals surface area (Å²) in [4.78, 5) is 12.7. The fourth-order valence-corrected chi connectivity index (χ4v) is 2.77.